The molecule has 2 aromatic heterocycles. The molecule has 0 atom stereocenters. The van der Waals surface area contributed by atoms with Crippen molar-refractivity contribution < 1.29 is 30.7 Å². The third kappa shape index (κ3) is 4.49. The van der Waals surface area contributed by atoms with Gasteiger partial charge >= 0.3 is 12.4 Å². The number of halogens is 8. The van der Waals surface area contributed by atoms with Gasteiger partial charge in [0.1, 0.15) is 11.6 Å². The second-order valence-electron chi connectivity index (χ2n) is 10.3. The molecule has 0 bridgehead atoms. The van der Waals surface area contributed by atoms with Crippen LogP contribution in [0, 0.1) is 11.2 Å². The van der Waals surface area contributed by atoms with Crippen LogP contribution in [-0.2, 0) is 19.3 Å². The number of hydrogen-bond acceptors (Lipinski definition) is 5. The highest BCUT2D eigenvalue weighted by molar-refractivity contribution is 6.30. The summed E-state index contributed by atoms with van der Waals surface area (Å²) in [5, 5.41) is 8.98. The Bertz CT molecular complexity index is 1390. The molecular weight excluding hydrogens is 541 g/mol. The van der Waals surface area contributed by atoms with Crippen LogP contribution >= 0.6 is 11.6 Å². The Hall–Kier alpha value is -2.93. The first-order chi connectivity index (χ1) is 17.8. The fourth-order valence-electron chi connectivity index (χ4n) is 5.88. The summed E-state index contributed by atoms with van der Waals surface area (Å²) >= 11 is 6.15. The summed E-state index contributed by atoms with van der Waals surface area (Å²) in [4.78, 5) is 6.43. The average Bonchev–Trinajstić information content (AvgIpc) is 3.07. The maximum absolute atomic E-state index is 13.6. The van der Waals surface area contributed by atoms with Gasteiger partial charge < -0.3 is 4.90 Å². The molecule has 1 spiro atoms. The lowest BCUT2D eigenvalue weighted by Gasteiger charge is -2.59. The molecule has 38 heavy (non-hydrogen) atoms. The maximum atomic E-state index is 13.6. The van der Waals surface area contributed by atoms with Crippen LogP contribution in [0.1, 0.15) is 41.7 Å². The summed E-state index contributed by atoms with van der Waals surface area (Å²) < 4.78 is 94.1. The van der Waals surface area contributed by atoms with Crippen molar-refractivity contribution in [3.8, 4) is 5.69 Å². The second kappa shape index (κ2) is 8.54. The minimum Gasteiger partial charge on any atom is -0.355 e. The molecule has 0 unspecified atom stereocenters. The molecule has 6 nitrogen and oxygen atoms in total. The van der Waals surface area contributed by atoms with Crippen LogP contribution < -0.4 is 4.90 Å². The lowest BCUT2D eigenvalue weighted by Crippen LogP contribution is -2.62. The number of benzene rings is 1. The lowest BCUT2D eigenvalue weighted by atomic mass is 9.57. The van der Waals surface area contributed by atoms with Crippen LogP contribution in [0.5, 0.6) is 0 Å². The first-order valence-electron chi connectivity index (χ1n) is 11.8. The van der Waals surface area contributed by atoms with Gasteiger partial charge in [0, 0.05) is 36.0 Å². The van der Waals surface area contributed by atoms with Gasteiger partial charge in [0.15, 0.2) is 17.3 Å². The molecule has 1 aromatic carbocycles. The number of fused-ring (bicyclic) bond motifs is 3. The largest absolute Gasteiger partial charge is 0.436 e. The van der Waals surface area contributed by atoms with Crippen LogP contribution in [0.15, 0.2) is 30.3 Å². The Morgan fingerprint density at radius 2 is 1.71 bits per heavy atom. The lowest BCUT2D eigenvalue weighted by molar-refractivity contribution is -0.148. The van der Waals surface area contributed by atoms with Crippen LogP contribution in [0.4, 0.5) is 36.6 Å². The molecule has 1 aliphatic carbocycles. The molecule has 3 aromatic rings. The smallest absolute Gasteiger partial charge is 0.355 e. The average molecular weight is 561 g/mol. The van der Waals surface area contributed by atoms with Crippen molar-refractivity contribution in [3.05, 3.63) is 64.1 Å². The standard InChI is InChI=1S/C24H20ClF7N6/c25-15-1-3-17-13(5-15)8-36(12-23(27,28)29)9-19-34-35-21(38(17)19)14-6-22(7-14)10-37(11-22)18-4-2-16(26)20(33-18)24(30,31)32/h1-5,14H,6-12H2. The third-order valence-electron chi connectivity index (χ3n) is 7.40. The number of nitrogens with zero attached hydrogens (tertiary/aromatic N) is 6. The normalized spacial score (nSPS) is 19.5. The van der Waals surface area contributed by atoms with E-state index in [9.17, 15) is 30.7 Å². The van der Waals surface area contributed by atoms with Crippen molar-refractivity contribution in [3.63, 3.8) is 0 Å². The van der Waals surface area contributed by atoms with Crippen LogP contribution in [-0.4, -0.2) is 50.5 Å². The van der Waals surface area contributed by atoms with Crippen molar-refractivity contribution in [1.29, 1.82) is 0 Å². The molecule has 2 aliphatic heterocycles. The number of rotatable bonds is 3. The third-order valence-corrected chi connectivity index (χ3v) is 7.63. The van der Waals surface area contributed by atoms with E-state index >= 15 is 0 Å². The van der Waals surface area contributed by atoms with E-state index in [4.69, 9.17) is 11.6 Å². The predicted molar refractivity (Wildman–Crippen MR) is 122 cm³/mol. The minimum absolute atomic E-state index is 0.0250. The zero-order chi connectivity index (χ0) is 27.0. The zero-order valence-corrected chi connectivity index (χ0v) is 20.4. The first kappa shape index (κ1) is 25.4. The van der Waals surface area contributed by atoms with E-state index in [1.54, 1.807) is 23.1 Å². The highest BCUT2D eigenvalue weighted by Crippen LogP contribution is 2.56. The van der Waals surface area contributed by atoms with E-state index in [2.05, 4.69) is 15.2 Å². The van der Waals surface area contributed by atoms with Crippen LogP contribution in [0.25, 0.3) is 5.69 Å². The van der Waals surface area contributed by atoms with Gasteiger partial charge in [-0.1, -0.05) is 11.6 Å². The molecule has 14 heteroatoms. The Labute approximate surface area is 217 Å². The number of alkyl halides is 6. The van der Waals surface area contributed by atoms with E-state index in [1.165, 1.54) is 11.0 Å². The summed E-state index contributed by atoms with van der Waals surface area (Å²) in [6.07, 6.45) is -7.90. The molecule has 4 heterocycles. The molecule has 3 aliphatic rings. The van der Waals surface area contributed by atoms with Crippen molar-refractivity contribution >= 4 is 17.4 Å². The number of hydrogen-bond donors (Lipinski definition) is 0. The van der Waals surface area contributed by atoms with Crippen LogP contribution in [0.2, 0.25) is 5.02 Å². The van der Waals surface area contributed by atoms with Gasteiger partial charge in [-0.05, 0) is 48.7 Å². The summed E-state index contributed by atoms with van der Waals surface area (Å²) in [6.45, 7) is -0.163. The molecule has 2 fully saturated rings. The fraction of sp³-hybridized carbons (Fsp3) is 0.458. The van der Waals surface area contributed by atoms with Gasteiger partial charge in [-0.2, -0.15) is 26.3 Å². The van der Waals surface area contributed by atoms with Gasteiger partial charge in [-0.3, -0.25) is 9.47 Å². The summed E-state index contributed by atoms with van der Waals surface area (Å²) in [6, 6.07) is 7.08. The predicted octanol–water partition coefficient (Wildman–Crippen LogP) is 5.74. The van der Waals surface area contributed by atoms with Crippen molar-refractivity contribution in [2.75, 3.05) is 24.5 Å². The van der Waals surface area contributed by atoms with Crippen LogP contribution in [0.3, 0.4) is 0 Å². The molecule has 1 saturated carbocycles. The van der Waals surface area contributed by atoms with Gasteiger partial charge in [0.2, 0.25) is 0 Å². The minimum atomic E-state index is -4.88. The Morgan fingerprint density at radius 3 is 2.39 bits per heavy atom. The van der Waals surface area contributed by atoms with Gasteiger partial charge in [0.25, 0.3) is 0 Å². The molecule has 202 valence electrons. The summed E-state index contributed by atoms with van der Waals surface area (Å²) in [5.41, 5.74) is -0.373. The zero-order valence-electron chi connectivity index (χ0n) is 19.6. The Balaban J connectivity index is 1.21. The van der Waals surface area contributed by atoms with Gasteiger partial charge in [-0.25, -0.2) is 9.37 Å². The summed E-state index contributed by atoms with van der Waals surface area (Å²) in [7, 11) is 0. The second-order valence-corrected chi connectivity index (χ2v) is 10.7. The first-order valence-corrected chi connectivity index (χ1v) is 12.2. The van der Waals surface area contributed by atoms with E-state index in [0.717, 1.165) is 6.07 Å². The molecular formula is C24H20ClF7N6. The Kier molecular flexibility index (Phi) is 5.69. The van der Waals surface area contributed by atoms with Gasteiger partial charge in [0.05, 0.1) is 18.8 Å². The van der Waals surface area contributed by atoms with E-state index < -0.39 is 30.4 Å². The highest BCUT2D eigenvalue weighted by Gasteiger charge is 2.55. The van der Waals surface area contributed by atoms with E-state index in [-0.39, 0.29) is 30.2 Å². The van der Waals surface area contributed by atoms with Gasteiger partial charge in [-0.15, -0.1) is 10.2 Å². The number of aromatic nitrogens is 4. The highest BCUT2D eigenvalue weighted by atomic mass is 35.5. The molecule has 1 saturated heterocycles. The molecule has 0 radical (unpaired) electrons. The number of anilines is 1. The quantitative estimate of drug-likeness (QED) is 0.383. The van der Waals surface area contributed by atoms with E-state index in [0.29, 0.717) is 53.9 Å². The molecule has 6 rings (SSSR count). The molecule has 0 N–H and O–H groups in total. The van der Waals surface area contributed by atoms with Crippen molar-refractivity contribution in [2.24, 2.45) is 5.41 Å². The topological polar surface area (TPSA) is 50.1 Å². The van der Waals surface area contributed by atoms with Crippen molar-refractivity contribution in [1.82, 2.24) is 24.6 Å². The monoisotopic (exact) mass is 560 g/mol. The van der Waals surface area contributed by atoms with Crippen molar-refractivity contribution in [2.45, 2.75) is 44.2 Å². The number of pyridine rings is 1. The molecule has 0 amide bonds. The fourth-order valence-corrected chi connectivity index (χ4v) is 6.07. The Morgan fingerprint density at radius 1 is 0.974 bits per heavy atom. The van der Waals surface area contributed by atoms with E-state index in [1.807, 2.05) is 4.57 Å². The maximum Gasteiger partial charge on any atom is 0.436 e. The SMILES string of the molecule is Fc1ccc(N2CC3(CC(c4nnc5n4-c4ccc(Cl)cc4CN(CC(F)(F)F)C5)C3)C2)nc1C(F)(F)F. The summed E-state index contributed by atoms with van der Waals surface area (Å²) in [5.74, 6) is -0.330.